The second kappa shape index (κ2) is 10.7. The summed E-state index contributed by atoms with van der Waals surface area (Å²) in [6.07, 6.45) is 1.11. The average Bonchev–Trinajstić information content (AvgIpc) is 3.43. The Morgan fingerprint density at radius 2 is 2.09 bits per heavy atom. The minimum atomic E-state index is -0.346. The van der Waals surface area contributed by atoms with Gasteiger partial charge in [-0.15, -0.1) is 0 Å². The summed E-state index contributed by atoms with van der Waals surface area (Å²) in [5.74, 6) is -0.442. The number of piperidine rings is 1. The first-order valence-corrected chi connectivity index (χ1v) is 12.6. The van der Waals surface area contributed by atoms with Gasteiger partial charge in [-0.3, -0.25) is 4.79 Å². The Morgan fingerprint density at radius 1 is 1.26 bits per heavy atom. The lowest BCUT2D eigenvalue weighted by molar-refractivity contribution is 0.0272. The topological polar surface area (TPSA) is 109 Å². The second-order valence-corrected chi connectivity index (χ2v) is 9.22. The van der Waals surface area contributed by atoms with Crippen molar-refractivity contribution in [3.63, 3.8) is 0 Å². The lowest BCUT2D eigenvalue weighted by atomic mass is 10.0. The van der Waals surface area contributed by atoms with Gasteiger partial charge in [-0.1, -0.05) is 35.9 Å². The summed E-state index contributed by atoms with van der Waals surface area (Å²) in [5, 5.41) is 4.18. The van der Waals surface area contributed by atoms with Crippen molar-refractivity contribution in [2.24, 2.45) is 0 Å². The number of amides is 1. The monoisotopic (exact) mass is 505 g/mol. The van der Waals surface area contributed by atoms with Gasteiger partial charge in [-0.2, -0.15) is 0 Å². The van der Waals surface area contributed by atoms with Gasteiger partial charge in [0.25, 0.3) is 5.91 Å². The predicted molar refractivity (Wildman–Crippen MR) is 132 cm³/mol. The van der Waals surface area contributed by atoms with E-state index in [0.29, 0.717) is 49.9 Å². The molecule has 4 rings (SSSR count). The van der Waals surface area contributed by atoms with E-state index in [1.165, 1.54) is 11.3 Å². The minimum absolute atomic E-state index is 0.179. The Bertz CT molecular complexity index is 1180. The molecule has 0 spiro atoms. The molecule has 0 saturated carbocycles. The number of aromatic amines is 1. The third kappa shape index (κ3) is 5.03. The number of fused-ring (bicyclic) bond motifs is 1. The van der Waals surface area contributed by atoms with Crippen LogP contribution in [0, 0.1) is 0 Å². The fourth-order valence-corrected chi connectivity index (χ4v) is 5.41. The number of nitrogens with zero attached hydrogens (tertiary/aromatic N) is 3. The number of aromatic nitrogens is 3. The van der Waals surface area contributed by atoms with Crippen molar-refractivity contribution in [3.8, 4) is 0 Å². The van der Waals surface area contributed by atoms with Crippen LogP contribution in [0.2, 0.25) is 5.15 Å². The molecule has 2 atom stereocenters. The summed E-state index contributed by atoms with van der Waals surface area (Å²) in [5.41, 5.74) is 2.02. The molecule has 34 heavy (non-hydrogen) atoms. The minimum Gasteiger partial charge on any atom is -0.462 e. The maximum Gasteiger partial charge on any atom is 0.339 e. The maximum atomic E-state index is 12.8. The number of carbonyl (C=O) groups is 2. The Balaban J connectivity index is 1.50. The molecule has 9 nitrogen and oxygen atoms in total. The fourth-order valence-electron chi connectivity index (χ4n) is 4.05. The SMILES string of the molecule is CCOC(=O)c1cccc2nc(N3CC[C@H](NC(=O)c4nc(Cl)c(CC)[nH]4)[C@H](OCC)C3)sc12. The zero-order valence-electron chi connectivity index (χ0n) is 19.4. The van der Waals surface area contributed by atoms with E-state index >= 15 is 0 Å². The lowest BCUT2D eigenvalue weighted by Crippen LogP contribution is -2.55. The molecular weight excluding hydrogens is 478 g/mol. The molecule has 1 fully saturated rings. The number of hydrogen-bond acceptors (Lipinski definition) is 8. The van der Waals surface area contributed by atoms with E-state index < -0.39 is 0 Å². The maximum absolute atomic E-state index is 12.8. The number of rotatable bonds is 8. The summed E-state index contributed by atoms with van der Waals surface area (Å²) >= 11 is 7.56. The largest absolute Gasteiger partial charge is 0.462 e. The number of halogens is 1. The van der Waals surface area contributed by atoms with Crippen molar-refractivity contribution < 1.29 is 19.1 Å². The van der Waals surface area contributed by atoms with Crippen LogP contribution in [0.4, 0.5) is 5.13 Å². The van der Waals surface area contributed by atoms with Crippen molar-refractivity contribution in [3.05, 3.63) is 40.4 Å². The number of hydrogen-bond donors (Lipinski definition) is 2. The Hall–Kier alpha value is -2.69. The van der Waals surface area contributed by atoms with Crippen molar-refractivity contribution in [2.45, 2.75) is 45.8 Å². The average molecular weight is 506 g/mol. The molecule has 3 heterocycles. The quantitative estimate of drug-likeness (QED) is 0.448. The van der Waals surface area contributed by atoms with Crippen LogP contribution in [0.3, 0.4) is 0 Å². The van der Waals surface area contributed by atoms with Gasteiger partial charge in [0.1, 0.15) is 0 Å². The molecule has 1 amide bonds. The number of carbonyl (C=O) groups excluding carboxylic acids is 2. The third-order valence-electron chi connectivity index (χ3n) is 5.72. The molecule has 0 radical (unpaired) electrons. The van der Waals surface area contributed by atoms with E-state index in [-0.39, 0.29) is 29.8 Å². The van der Waals surface area contributed by atoms with E-state index in [2.05, 4.69) is 20.2 Å². The van der Waals surface area contributed by atoms with Gasteiger partial charge in [0.05, 0.1) is 40.2 Å². The summed E-state index contributed by atoms with van der Waals surface area (Å²) < 4.78 is 12.0. The summed E-state index contributed by atoms with van der Waals surface area (Å²) in [7, 11) is 0. The molecule has 182 valence electrons. The van der Waals surface area contributed by atoms with Gasteiger partial charge >= 0.3 is 5.97 Å². The van der Waals surface area contributed by atoms with Gasteiger partial charge in [-0.25, -0.2) is 14.8 Å². The number of anilines is 1. The zero-order valence-corrected chi connectivity index (χ0v) is 21.0. The number of imidazole rings is 1. The number of benzene rings is 1. The third-order valence-corrected chi connectivity index (χ3v) is 7.20. The Kier molecular flexibility index (Phi) is 7.70. The van der Waals surface area contributed by atoms with Crippen LogP contribution in [0.5, 0.6) is 0 Å². The van der Waals surface area contributed by atoms with Crippen molar-refractivity contribution >= 4 is 50.2 Å². The van der Waals surface area contributed by atoms with Crippen LogP contribution in [-0.4, -0.2) is 65.3 Å². The molecule has 11 heteroatoms. The van der Waals surface area contributed by atoms with Gasteiger partial charge in [-0.05, 0) is 38.8 Å². The van der Waals surface area contributed by atoms with Gasteiger partial charge in [0, 0.05) is 19.7 Å². The predicted octanol–water partition coefficient (Wildman–Crippen LogP) is 3.83. The van der Waals surface area contributed by atoms with E-state index in [1.54, 1.807) is 13.0 Å². The highest BCUT2D eigenvalue weighted by molar-refractivity contribution is 7.22. The second-order valence-electron chi connectivity index (χ2n) is 7.89. The number of ether oxygens (including phenoxy) is 2. The van der Waals surface area contributed by atoms with Crippen molar-refractivity contribution in [2.75, 3.05) is 31.2 Å². The highest BCUT2D eigenvalue weighted by Crippen LogP contribution is 2.33. The molecule has 1 aliphatic heterocycles. The van der Waals surface area contributed by atoms with Gasteiger partial charge in [0.2, 0.25) is 0 Å². The van der Waals surface area contributed by atoms with Gasteiger partial charge < -0.3 is 24.7 Å². The van der Waals surface area contributed by atoms with Crippen LogP contribution >= 0.6 is 22.9 Å². The summed E-state index contributed by atoms with van der Waals surface area (Å²) in [6.45, 7) is 7.75. The van der Waals surface area contributed by atoms with Crippen LogP contribution in [0.15, 0.2) is 18.2 Å². The van der Waals surface area contributed by atoms with Crippen LogP contribution in [0.25, 0.3) is 10.2 Å². The Labute approximate surface area is 206 Å². The molecule has 3 aromatic rings. The molecule has 1 saturated heterocycles. The number of esters is 1. The molecule has 0 unspecified atom stereocenters. The molecule has 1 aliphatic rings. The van der Waals surface area contributed by atoms with E-state index in [0.717, 1.165) is 21.0 Å². The molecule has 0 bridgehead atoms. The highest BCUT2D eigenvalue weighted by Gasteiger charge is 2.33. The Morgan fingerprint density at radius 3 is 2.79 bits per heavy atom. The number of aryl methyl sites for hydroxylation is 1. The van der Waals surface area contributed by atoms with E-state index in [1.807, 2.05) is 26.0 Å². The van der Waals surface area contributed by atoms with Crippen LogP contribution in [-0.2, 0) is 15.9 Å². The first kappa shape index (κ1) is 24.4. The van der Waals surface area contributed by atoms with Crippen LogP contribution < -0.4 is 10.2 Å². The summed E-state index contributed by atoms with van der Waals surface area (Å²) in [6, 6.07) is 5.29. The molecule has 1 aromatic carbocycles. The molecule has 2 aromatic heterocycles. The van der Waals surface area contributed by atoms with Gasteiger partial charge in [0.15, 0.2) is 16.1 Å². The fraction of sp³-hybridized carbons (Fsp3) is 0.478. The lowest BCUT2D eigenvalue weighted by Gasteiger charge is -2.38. The van der Waals surface area contributed by atoms with Crippen molar-refractivity contribution in [1.29, 1.82) is 0 Å². The first-order valence-electron chi connectivity index (χ1n) is 11.4. The molecule has 0 aliphatic carbocycles. The highest BCUT2D eigenvalue weighted by atomic mass is 35.5. The zero-order chi connectivity index (χ0) is 24.2. The normalized spacial score (nSPS) is 18.3. The van der Waals surface area contributed by atoms with E-state index in [9.17, 15) is 9.59 Å². The smallest absolute Gasteiger partial charge is 0.339 e. The standard InChI is InChI=1S/C23H28ClN5O4S/c1-4-14-19(24)28-20(25-14)21(30)26-15-10-11-29(12-17(15)32-5-2)23-27-16-9-7-8-13(18(16)34-23)22(31)33-6-3/h7-9,15,17H,4-6,10-12H2,1-3H3,(H,25,28)(H,26,30)/t15-,17+/m0/s1. The summed E-state index contributed by atoms with van der Waals surface area (Å²) in [4.78, 5) is 39.2. The molecule has 2 N–H and O–H groups in total. The van der Waals surface area contributed by atoms with Crippen LogP contribution in [0.1, 0.15) is 53.9 Å². The number of H-pyrrole nitrogens is 1. The van der Waals surface area contributed by atoms with E-state index in [4.69, 9.17) is 26.1 Å². The number of thiazole rings is 1. The van der Waals surface area contributed by atoms with Crippen molar-refractivity contribution in [1.82, 2.24) is 20.3 Å². The molecular formula is C23H28ClN5O4S. The first-order chi connectivity index (χ1) is 16.4. The number of nitrogens with one attached hydrogen (secondary N) is 2.